The number of amides is 1. The van der Waals surface area contributed by atoms with Gasteiger partial charge < -0.3 is 10.2 Å². The minimum atomic E-state index is -0.142. The minimum Gasteiger partial charge on any atom is -0.358 e. The molecule has 1 fully saturated rings. The molecule has 0 saturated carbocycles. The normalized spacial score (nSPS) is 16.9. The van der Waals surface area contributed by atoms with E-state index < -0.39 is 0 Å². The van der Waals surface area contributed by atoms with Gasteiger partial charge in [-0.25, -0.2) is 0 Å². The predicted octanol–water partition coefficient (Wildman–Crippen LogP) is 3.80. The van der Waals surface area contributed by atoms with Gasteiger partial charge >= 0.3 is 0 Å². The Hall–Kier alpha value is -1.07. The van der Waals surface area contributed by atoms with Crippen LogP contribution in [0.4, 0.5) is 0 Å². The van der Waals surface area contributed by atoms with Gasteiger partial charge in [0.05, 0.1) is 5.25 Å². The van der Waals surface area contributed by atoms with Crippen molar-refractivity contribution >= 4 is 34.2 Å². The van der Waals surface area contributed by atoms with Crippen molar-refractivity contribution in [3.05, 3.63) is 35.9 Å². The molecule has 0 radical (unpaired) electrons. The van der Waals surface area contributed by atoms with Crippen LogP contribution in [0.2, 0.25) is 0 Å². The lowest BCUT2D eigenvalue weighted by Gasteiger charge is -2.21. The third-order valence-electron chi connectivity index (χ3n) is 4.30. The van der Waals surface area contributed by atoms with Crippen LogP contribution in [0.25, 0.3) is 0 Å². The van der Waals surface area contributed by atoms with Gasteiger partial charge in [-0.3, -0.25) is 4.79 Å². The van der Waals surface area contributed by atoms with Crippen molar-refractivity contribution in [2.45, 2.75) is 44.3 Å². The topological polar surface area (TPSA) is 32.3 Å². The Kier molecular flexibility index (Phi) is 7.37. The molecule has 0 bridgehead atoms. The highest BCUT2D eigenvalue weighted by atomic mass is 32.2. The van der Waals surface area contributed by atoms with Gasteiger partial charge in [-0.1, -0.05) is 61.2 Å². The molecular weight excluding hydrogens is 324 g/mol. The Morgan fingerprint density at radius 3 is 2.57 bits per heavy atom. The van der Waals surface area contributed by atoms with Gasteiger partial charge in [0.25, 0.3) is 0 Å². The second-order valence-electron chi connectivity index (χ2n) is 5.98. The number of benzene rings is 1. The number of nitrogens with one attached hydrogen (secondary N) is 1. The first-order chi connectivity index (χ1) is 11.1. The SMILES string of the molecule is CC[C@H](CNC(=O)[C@H](C)SC(=S)N1CCCC1)c1ccccc1. The van der Waals surface area contributed by atoms with E-state index >= 15 is 0 Å². The second-order valence-corrected chi connectivity index (χ2v) is 7.96. The fourth-order valence-corrected chi connectivity index (χ4v) is 4.21. The van der Waals surface area contributed by atoms with Crippen molar-refractivity contribution in [2.24, 2.45) is 0 Å². The fourth-order valence-electron chi connectivity index (χ4n) is 2.77. The summed E-state index contributed by atoms with van der Waals surface area (Å²) in [6.45, 7) is 6.84. The number of thiocarbonyl (C=S) groups is 1. The molecule has 1 heterocycles. The number of hydrogen-bond acceptors (Lipinski definition) is 3. The van der Waals surface area contributed by atoms with Gasteiger partial charge in [-0.2, -0.15) is 0 Å². The van der Waals surface area contributed by atoms with Crippen molar-refractivity contribution in [1.82, 2.24) is 10.2 Å². The maximum atomic E-state index is 12.3. The molecule has 1 aliphatic heterocycles. The van der Waals surface area contributed by atoms with E-state index in [1.165, 1.54) is 30.2 Å². The zero-order valence-corrected chi connectivity index (χ0v) is 15.6. The number of likely N-dealkylation sites (tertiary alicyclic amines) is 1. The number of hydrogen-bond donors (Lipinski definition) is 1. The number of rotatable bonds is 6. The summed E-state index contributed by atoms with van der Waals surface area (Å²) >= 11 is 6.96. The molecule has 5 heteroatoms. The van der Waals surface area contributed by atoms with E-state index in [4.69, 9.17) is 12.2 Å². The molecule has 1 N–H and O–H groups in total. The molecule has 1 saturated heterocycles. The predicted molar refractivity (Wildman–Crippen MR) is 103 cm³/mol. The molecule has 1 amide bonds. The monoisotopic (exact) mass is 350 g/mol. The molecule has 1 aromatic rings. The van der Waals surface area contributed by atoms with Crippen LogP contribution in [-0.4, -0.2) is 40.0 Å². The van der Waals surface area contributed by atoms with E-state index in [1.54, 1.807) is 0 Å². The van der Waals surface area contributed by atoms with Crippen molar-refractivity contribution in [3.8, 4) is 0 Å². The molecular formula is C18H26N2OS2. The summed E-state index contributed by atoms with van der Waals surface area (Å²) in [5, 5.41) is 2.95. The number of nitrogens with zero attached hydrogens (tertiary/aromatic N) is 1. The van der Waals surface area contributed by atoms with Crippen LogP contribution in [0.1, 0.15) is 44.6 Å². The lowest BCUT2D eigenvalue weighted by atomic mass is 9.96. The largest absolute Gasteiger partial charge is 0.358 e. The van der Waals surface area contributed by atoms with E-state index in [9.17, 15) is 4.79 Å². The molecule has 3 nitrogen and oxygen atoms in total. The Balaban J connectivity index is 1.79. The second kappa shape index (κ2) is 9.28. The molecule has 2 atom stereocenters. The van der Waals surface area contributed by atoms with Crippen LogP contribution in [0.5, 0.6) is 0 Å². The van der Waals surface area contributed by atoms with Crippen molar-refractivity contribution in [1.29, 1.82) is 0 Å². The lowest BCUT2D eigenvalue weighted by Crippen LogP contribution is -2.36. The quantitative estimate of drug-likeness (QED) is 0.791. The van der Waals surface area contributed by atoms with Crippen LogP contribution < -0.4 is 5.32 Å². The maximum Gasteiger partial charge on any atom is 0.233 e. The molecule has 0 spiro atoms. The van der Waals surface area contributed by atoms with E-state index in [2.05, 4.69) is 29.3 Å². The zero-order valence-electron chi connectivity index (χ0n) is 14.0. The van der Waals surface area contributed by atoms with Crippen LogP contribution in [0.3, 0.4) is 0 Å². The third kappa shape index (κ3) is 5.50. The minimum absolute atomic E-state index is 0.0749. The van der Waals surface area contributed by atoms with Crippen LogP contribution in [-0.2, 0) is 4.79 Å². The first-order valence-electron chi connectivity index (χ1n) is 8.40. The Bertz CT molecular complexity index is 515. The summed E-state index contributed by atoms with van der Waals surface area (Å²) in [4.78, 5) is 14.5. The van der Waals surface area contributed by atoms with Gasteiger partial charge in [0.2, 0.25) is 5.91 Å². The molecule has 0 aromatic heterocycles. The number of thioether (sulfide) groups is 1. The zero-order chi connectivity index (χ0) is 16.7. The lowest BCUT2D eigenvalue weighted by molar-refractivity contribution is -0.120. The van der Waals surface area contributed by atoms with E-state index in [-0.39, 0.29) is 11.2 Å². The molecule has 1 aliphatic rings. The van der Waals surface area contributed by atoms with Crippen molar-refractivity contribution in [2.75, 3.05) is 19.6 Å². The van der Waals surface area contributed by atoms with Gasteiger partial charge in [0.15, 0.2) is 0 Å². The average molecular weight is 351 g/mol. The van der Waals surface area contributed by atoms with Crippen LogP contribution in [0, 0.1) is 0 Å². The Morgan fingerprint density at radius 1 is 1.30 bits per heavy atom. The molecule has 0 aliphatic carbocycles. The summed E-state index contributed by atoms with van der Waals surface area (Å²) in [6.07, 6.45) is 3.42. The highest BCUT2D eigenvalue weighted by Gasteiger charge is 2.21. The fraction of sp³-hybridized carbons (Fsp3) is 0.556. The van der Waals surface area contributed by atoms with Gasteiger partial charge in [0.1, 0.15) is 4.32 Å². The number of carbonyl (C=O) groups excluding carboxylic acids is 1. The molecule has 23 heavy (non-hydrogen) atoms. The van der Waals surface area contributed by atoms with Crippen LogP contribution >= 0.6 is 24.0 Å². The Morgan fingerprint density at radius 2 is 1.96 bits per heavy atom. The van der Waals surface area contributed by atoms with Gasteiger partial charge in [-0.05, 0) is 31.7 Å². The van der Waals surface area contributed by atoms with Crippen LogP contribution in [0.15, 0.2) is 30.3 Å². The highest BCUT2D eigenvalue weighted by Crippen LogP contribution is 2.21. The first-order valence-corrected chi connectivity index (χ1v) is 9.68. The Labute approximate surface area is 149 Å². The summed E-state index contributed by atoms with van der Waals surface area (Å²) in [7, 11) is 0. The smallest absolute Gasteiger partial charge is 0.233 e. The van der Waals surface area contributed by atoms with E-state index in [0.717, 1.165) is 23.8 Å². The van der Waals surface area contributed by atoms with Crippen molar-refractivity contribution < 1.29 is 4.79 Å². The highest BCUT2D eigenvalue weighted by molar-refractivity contribution is 8.23. The first kappa shape index (κ1) is 18.3. The summed E-state index contributed by atoms with van der Waals surface area (Å²) in [6, 6.07) is 10.4. The summed E-state index contributed by atoms with van der Waals surface area (Å²) < 4.78 is 0.861. The van der Waals surface area contributed by atoms with E-state index in [1.807, 2.05) is 25.1 Å². The van der Waals surface area contributed by atoms with Gasteiger partial charge in [-0.15, -0.1) is 0 Å². The average Bonchev–Trinajstić information content (AvgIpc) is 3.10. The molecule has 2 rings (SSSR count). The molecule has 1 aromatic carbocycles. The number of carbonyl (C=O) groups is 1. The maximum absolute atomic E-state index is 12.3. The van der Waals surface area contributed by atoms with E-state index in [0.29, 0.717) is 12.5 Å². The molecule has 126 valence electrons. The van der Waals surface area contributed by atoms with Gasteiger partial charge in [0, 0.05) is 25.6 Å². The summed E-state index contributed by atoms with van der Waals surface area (Å²) in [5.74, 6) is 0.439. The summed E-state index contributed by atoms with van der Waals surface area (Å²) in [5.41, 5.74) is 1.28. The standard InChI is InChI=1S/C18H26N2OS2/c1-3-15(16-9-5-4-6-10-16)13-19-17(21)14(2)23-18(22)20-11-7-8-12-20/h4-6,9-10,14-15H,3,7-8,11-13H2,1-2H3,(H,19,21)/t14-,15+/m0/s1. The third-order valence-corrected chi connectivity index (χ3v) is 5.87. The van der Waals surface area contributed by atoms with Crippen molar-refractivity contribution in [3.63, 3.8) is 0 Å². The molecule has 0 unspecified atom stereocenters.